The summed E-state index contributed by atoms with van der Waals surface area (Å²) in [6, 6.07) is 10.6. The maximum absolute atomic E-state index is 12.7. The monoisotopic (exact) mass is 301 g/mol. The average Bonchev–Trinajstić information content (AvgIpc) is 2.48. The number of carbonyl (C=O) groups is 1. The number of anilines is 1. The molecule has 21 heavy (non-hydrogen) atoms. The molecule has 0 atom stereocenters. The summed E-state index contributed by atoms with van der Waals surface area (Å²) in [5.41, 5.74) is 3.54. The van der Waals surface area contributed by atoms with E-state index >= 15 is 0 Å². The topological polar surface area (TPSA) is 40.5 Å². The number of aromatic hydroxyl groups is 1. The third kappa shape index (κ3) is 2.61. The molecule has 1 heterocycles. The fraction of sp³-hybridized carbons (Fsp3) is 0.235. The van der Waals surface area contributed by atoms with Crippen molar-refractivity contribution in [2.75, 3.05) is 11.4 Å². The minimum atomic E-state index is -0.209. The Morgan fingerprint density at radius 2 is 2.05 bits per heavy atom. The smallest absolute Gasteiger partial charge is 0.262 e. The van der Waals surface area contributed by atoms with E-state index in [0.717, 1.165) is 18.5 Å². The summed E-state index contributed by atoms with van der Waals surface area (Å²) in [4.78, 5) is 14.5. The van der Waals surface area contributed by atoms with Crippen LogP contribution in [-0.4, -0.2) is 17.6 Å². The van der Waals surface area contributed by atoms with E-state index in [1.54, 1.807) is 11.0 Å². The highest BCUT2D eigenvalue weighted by atomic mass is 35.5. The van der Waals surface area contributed by atoms with Crippen molar-refractivity contribution in [3.05, 3.63) is 58.1 Å². The number of phenols is 1. The van der Waals surface area contributed by atoms with Crippen LogP contribution in [0.25, 0.3) is 0 Å². The van der Waals surface area contributed by atoms with Crippen LogP contribution in [0.3, 0.4) is 0 Å². The van der Waals surface area contributed by atoms with Crippen molar-refractivity contribution in [2.24, 2.45) is 0 Å². The first kappa shape index (κ1) is 14.0. The van der Waals surface area contributed by atoms with Gasteiger partial charge in [0.05, 0.1) is 5.56 Å². The van der Waals surface area contributed by atoms with Gasteiger partial charge < -0.3 is 10.0 Å². The zero-order chi connectivity index (χ0) is 15.0. The van der Waals surface area contributed by atoms with E-state index in [2.05, 4.69) is 6.07 Å². The Morgan fingerprint density at radius 3 is 2.86 bits per heavy atom. The summed E-state index contributed by atoms with van der Waals surface area (Å²) in [5.74, 6) is -0.247. The number of benzene rings is 2. The van der Waals surface area contributed by atoms with Crippen molar-refractivity contribution in [2.45, 2.75) is 19.8 Å². The molecule has 108 valence electrons. The molecule has 0 bridgehead atoms. The molecule has 0 spiro atoms. The molecule has 0 saturated heterocycles. The Balaban J connectivity index is 2.02. The summed E-state index contributed by atoms with van der Waals surface area (Å²) < 4.78 is 0. The van der Waals surface area contributed by atoms with E-state index in [9.17, 15) is 9.90 Å². The van der Waals surface area contributed by atoms with Gasteiger partial charge in [-0.3, -0.25) is 4.79 Å². The second-order valence-electron chi connectivity index (χ2n) is 5.35. The van der Waals surface area contributed by atoms with Crippen LogP contribution in [0.2, 0.25) is 5.02 Å². The zero-order valence-electron chi connectivity index (χ0n) is 11.8. The number of hydrogen-bond acceptors (Lipinski definition) is 2. The standard InChI is InChI=1S/C17H16ClNO2/c1-11-4-6-15-12(9-11)3-2-8-19(15)17(21)14-10-13(18)5-7-16(14)20/h4-7,9-10,20H,2-3,8H2,1H3. The molecule has 0 saturated carbocycles. The first-order valence-electron chi connectivity index (χ1n) is 6.96. The normalized spacial score (nSPS) is 13.9. The van der Waals surface area contributed by atoms with E-state index in [-0.39, 0.29) is 17.2 Å². The number of phenolic OH excluding ortho intramolecular Hbond substituents is 1. The molecular formula is C17H16ClNO2. The van der Waals surface area contributed by atoms with Crippen LogP contribution in [0.15, 0.2) is 36.4 Å². The molecule has 0 fully saturated rings. The Bertz CT molecular complexity index is 712. The lowest BCUT2D eigenvalue weighted by molar-refractivity contribution is 0.0982. The Kier molecular flexibility index (Phi) is 3.60. The van der Waals surface area contributed by atoms with Gasteiger partial charge in [-0.05, 0) is 49.6 Å². The third-order valence-corrected chi connectivity index (χ3v) is 4.02. The van der Waals surface area contributed by atoms with E-state index in [0.29, 0.717) is 11.6 Å². The molecule has 3 nitrogen and oxygen atoms in total. The maximum Gasteiger partial charge on any atom is 0.262 e. The highest BCUT2D eigenvalue weighted by Crippen LogP contribution is 2.31. The predicted octanol–water partition coefficient (Wildman–Crippen LogP) is 3.95. The number of nitrogens with zero attached hydrogens (tertiary/aromatic N) is 1. The largest absolute Gasteiger partial charge is 0.507 e. The predicted molar refractivity (Wildman–Crippen MR) is 84.3 cm³/mol. The average molecular weight is 302 g/mol. The van der Waals surface area contributed by atoms with Crippen LogP contribution >= 0.6 is 11.6 Å². The molecule has 0 aliphatic carbocycles. The lowest BCUT2D eigenvalue weighted by Crippen LogP contribution is -2.35. The second-order valence-corrected chi connectivity index (χ2v) is 5.79. The molecule has 1 amide bonds. The minimum absolute atomic E-state index is 0.0383. The van der Waals surface area contributed by atoms with E-state index < -0.39 is 0 Å². The van der Waals surface area contributed by atoms with Crippen LogP contribution in [0.1, 0.15) is 27.9 Å². The molecule has 4 heteroatoms. The molecule has 1 aliphatic rings. The lowest BCUT2D eigenvalue weighted by atomic mass is 9.98. The Hall–Kier alpha value is -2.00. The number of aryl methyl sites for hydroxylation is 2. The van der Waals surface area contributed by atoms with Crippen LogP contribution in [-0.2, 0) is 6.42 Å². The second kappa shape index (κ2) is 5.41. The number of hydrogen-bond donors (Lipinski definition) is 1. The Morgan fingerprint density at radius 1 is 1.24 bits per heavy atom. The molecule has 2 aromatic rings. The van der Waals surface area contributed by atoms with Gasteiger partial charge >= 0.3 is 0 Å². The van der Waals surface area contributed by atoms with Gasteiger partial charge in [-0.1, -0.05) is 29.3 Å². The number of fused-ring (bicyclic) bond motifs is 1. The van der Waals surface area contributed by atoms with Gasteiger partial charge in [0, 0.05) is 17.3 Å². The zero-order valence-corrected chi connectivity index (χ0v) is 12.5. The fourth-order valence-electron chi connectivity index (χ4n) is 2.76. The van der Waals surface area contributed by atoms with Crippen molar-refractivity contribution < 1.29 is 9.90 Å². The van der Waals surface area contributed by atoms with Crippen LogP contribution in [0, 0.1) is 6.92 Å². The van der Waals surface area contributed by atoms with Crippen LogP contribution in [0.4, 0.5) is 5.69 Å². The van der Waals surface area contributed by atoms with Crippen LogP contribution < -0.4 is 4.90 Å². The first-order chi connectivity index (χ1) is 10.1. The van der Waals surface area contributed by atoms with Crippen molar-refractivity contribution in [3.63, 3.8) is 0 Å². The number of halogens is 1. The molecular weight excluding hydrogens is 286 g/mol. The van der Waals surface area contributed by atoms with Gasteiger partial charge in [0.2, 0.25) is 0 Å². The number of amides is 1. The minimum Gasteiger partial charge on any atom is -0.507 e. The number of carbonyl (C=O) groups excluding carboxylic acids is 1. The molecule has 1 aliphatic heterocycles. The van der Waals surface area contributed by atoms with Gasteiger partial charge in [0.15, 0.2) is 0 Å². The van der Waals surface area contributed by atoms with Gasteiger partial charge in [-0.15, -0.1) is 0 Å². The third-order valence-electron chi connectivity index (χ3n) is 3.79. The highest BCUT2D eigenvalue weighted by Gasteiger charge is 2.25. The molecule has 3 rings (SSSR count). The van der Waals surface area contributed by atoms with Crippen molar-refractivity contribution in [1.29, 1.82) is 0 Å². The lowest BCUT2D eigenvalue weighted by Gasteiger charge is -2.30. The van der Waals surface area contributed by atoms with Gasteiger partial charge in [-0.25, -0.2) is 0 Å². The van der Waals surface area contributed by atoms with Crippen molar-refractivity contribution in [3.8, 4) is 5.75 Å². The van der Waals surface area contributed by atoms with Gasteiger partial charge in [-0.2, -0.15) is 0 Å². The summed E-state index contributed by atoms with van der Waals surface area (Å²) in [5, 5.41) is 10.4. The number of rotatable bonds is 1. The molecule has 0 aromatic heterocycles. The summed E-state index contributed by atoms with van der Waals surface area (Å²) in [6.45, 7) is 2.70. The van der Waals surface area contributed by atoms with E-state index in [4.69, 9.17) is 11.6 Å². The molecule has 1 N–H and O–H groups in total. The molecule has 0 radical (unpaired) electrons. The fourth-order valence-corrected chi connectivity index (χ4v) is 2.93. The Labute approximate surface area is 128 Å². The van der Waals surface area contributed by atoms with Gasteiger partial charge in [0.1, 0.15) is 5.75 Å². The van der Waals surface area contributed by atoms with E-state index in [1.165, 1.54) is 23.3 Å². The highest BCUT2D eigenvalue weighted by molar-refractivity contribution is 6.31. The summed E-state index contributed by atoms with van der Waals surface area (Å²) in [6.07, 6.45) is 1.89. The molecule has 2 aromatic carbocycles. The van der Waals surface area contributed by atoms with Crippen molar-refractivity contribution >= 4 is 23.2 Å². The van der Waals surface area contributed by atoms with Crippen LogP contribution in [0.5, 0.6) is 5.75 Å². The van der Waals surface area contributed by atoms with E-state index in [1.807, 2.05) is 19.1 Å². The molecule has 0 unspecified atom stereocenters. The van der Waals surface area contributed by atoms with Crippen molar-refractivity contribution in [1.82, 2.24) is 0 Å². The maximum atomic E-state index is 12.7. The summed E-state index contributed by atoms with van der Waals surface area (Å²) >= 11 is 5.94. The first-order valence-corrected chi connectivity index (χ1v) is 7.34. The SMILES string of the molecule is Cc1ccc2c(c1)CCCN2C(=O)c1cc(Cl)ccc1O. The quantitative estimate of drug-likeness (QED) is 0.866. The summed E-state index contributed by atoms with van der Waals surface area (Å²) in [7, 11) is 0. The van der Waals surface area contributed by atoms with Gasteiger partial charge in [0.25, 0.3) is 5.91 Å².